The van der Waals surface area contributed by atoms with Crippen LogP contribution in [-0.2, 0) is 9.53 Å². The highest BCUT2D eigenvalue weighted by atomic mass is 19.1. The summed E-state index contributed by atoms with van der Waals surface area (Å²) in [6.07, 6.45) is 3.40. The Morgan fingerprint density at radius 2 is 1.89 bits per heavy atom. The number of rotatable bonds is 5. The number of morpholine rings is 1. The van der Waals surface area contributed by atoms with E-state index in [0.717, 1.165) is 60.2 Å². The monoisotopic (exact) mass is 515 g/mol. The maximum atomic E-state index is 14.0. The molecule has 6 rings (SSSR count). The topological polar surface area (TPSA) is 87.9 Å². The SMILES string of the molecule is CNC(=O)C1CCN(c2cccc(-c3cnc4ccc(N5CCOCC5c5cccc(F)c5)nn34)n2)CC1. The molecule has 0 radical (unpaired) electrons. The number of aromatic nitrogens is 4. The average molecular weight is 516 g/mol. The summed E-state index contributed by atoms with van der Waals surface area (Å²) in [5.41, 5.74) is 3.14. The average Bonchev–Trinajstić information content (AvgIpc) is 3.40. The standard InChI is InChI=1S/C28H30FN7O2/c1-30-28(37)19-10-12-34(13-11-19)26-7-3-6-22(32-26)23-17-31-25-8-9-27(33-36(23)25)35-14-15-38-18-24(35)20-4-2-5-21(29)16-20/h2-9,16-17,19,24H,10-15,18H2,1H3,(H,30,37). The number of carbonyl (C=O) groups excluding carboxylic acids is 1. The fraction of sp³-hybridized carbons (Fsp3) is 0.357. The third-order valence-corrected chi connectivity index (χ3v) is 7.44. The lowest BCUT2D eigenvalue weighted by Crippen LogP contribution is -2.40. The first-order chi connectivity index (χ1) is 18.6. The van der Waals surface area contributed by atoms with Gasteiger partial charge in [0.15, 0.2) is 5.65 Å². The van der Waals surface area contributed by atoms with Crippen molar-refractivity contribution < 1.29 is 13.9 Å². The van der Waals surface area contributed by atoms with Crippen LogP contribution in [0.5, 0.6) is 0 Å². The molecule has 2 aliphatic heterocycles. The Bertz CT molecular complexity index is 1450. The summed E-state index contributed by atoms with van der Waals surface area (Å²) in [7, 11) is 1.69. The van der Waals surface area contributed by atoms with Crippen molar-refractivity contribution in [2.75, 3.05) is 49.7 Å². The van der Waals surface area contributed by atoms with Crippen LogP contribution in [0.2, 0.25) is 0 Å². The van der Waals surface area contributed by atoms with Gasteiger partial charge < -0.3 is 19.9 Å². The van der Waals surface area contributed by atoms with Crippen molar-refractivity contribution in [3.05, 3.63) is 72.2 Å². The van der Waals surface area contributed by atoms with Gasteiger partial charge in [-0.15, -0.1) is 5.10 Å². The molecule has 0 bridgehead atoms. The summed E-state index contributed by atoms with van der Waals surface area (Å²) >= 11 is 0. The van der Waals surface area contributed by atoms with Crippen LogP contribution in [0.3, 0.4) is 0 Å². The lowest BCUT2D eigenvalue weighted by Gasteiger charge is -2.36. The fourth-order valence-corrected chi connectivity index (χ4v) is 5.38. The zero-order valence-corrected chi connectivity index (χ0v) is 21.3. The number of imidazole rings is 1. The molecule has 0 saturated carbocycles. The summed E-state index contributed by atoms with van der Waals surface area (Å²) in [4.78, 5) is 25.9. The Labute approximate surface area is 220 Å². The smallest absolute Gasteiger partial charge is 0.222 e. The quantitative estimate of drug-likeness (QED) is 0.436. The number of anilines is 2. The van der Waals surface area contributed by atoms with Gasteiger partial charge in [0.05, 0.1) is 31.1 Å². The van der Waals surface area contributed by atoms with Crippen LogP contribution in [0.25, 0.3) is 17.0 Å². The number of nitrogens with one attached hydrogen (secondary N) is 1. The highest BCUT2D eigenvalue weighted by Gasteiger charge is 2.28. The number of nitrogens with zero attached hydrogens (tertiary/aromatic N) is 6. The van der Waals surface area contributed by atoms with Crippen molar-refractivity contribution in [2.24, 2.45) is 5.92 Å². The van der Waals surface area contributed by atoms with Crippen LogP contribution in [0.4, 0.5) is 16.0 Å². The van der Waals surface area contributed by atoms with Crippen LogP contribution in [-0.4, -0.2) is 65.4 Å². The summed E-state index contributed by atoms with van der Waals surface area (Å²) in [5, 5.41) is 7.71. The Hall–Kier alpha value is -4.05. The molecule has 5 heterocycles. The van der Waals surface area contributed by atoms with Crippen molar-refractivity contribution in [1.29, 1.82) is 0 Å². The molecule has 10 heteroatoms. The number of hydrogen-bond acceptors (Lipinski definition) is 7. The van der Waals surface area contributed by atoms with Crippen LogP contribution in [0.1, 0.15) is 24.4 Å². The van der Waals surface area contributed by atoms with E-state index in [1.165, 1.54) is 6.07 Å². The molecule has 9 nitrogen and oxygen atoms in total. The van der Waals surface area contributed by atoms with E-state index in [0.29, 0.717) is 19.8 Å². The molecule has 1 amide bonds. The van der Waals surface area contributed by atoms with Crippen LogP contribution in [0, 0.1) is 11.7 Å². The molecule has 1 unspecified atom stereocenters. The van der Waals surface area contributed by atoms with E-state index in [1.807, 2.05) is 40.9 Å². The van der Waals surface area contributed by atoms with E-state index in [1.54, 1.807) is 25.4 Å². The Morgan fingerprint density at radius 1 is 1.05 bits per heavy atom. The van der Waals surface area contributed by atoms with Gasteiger partial charge in [-0.3, -0.25) is 4.79 Å². The maximum absolute atomic E-state index is 14.0. The van der Waals surface area contributed by atoms with Gasteiger partial charge >= 0.3 is 0 Å². The van der Waals surface area contributed by atoms with Gasteiger partial charge in [-0.05, 0) is 54.8 Å². The Balaban J connectivity index is 1.29. The van der Waals surface area contributed by atoms with Crippen LogP contribution in [0.15, 0.2) is 60.8 Å². The highest BCUT2D eigenvalue weighted by molar-refractivity contribution is 5.78. The number of piperidine rings is 1. The van der Waals surface area contributed by atoms with Gasteiger partial charge in [0.25, 0.3) is 0 Å². The van der Waals surface area contributed by atoms with Gasteiger partial charge in [0.1, 0.15) is 23.1 Å². The van der Waals surface area contributed by atoms with E-state index >= 15 is 0 Å². The highest BCUT2D eigenvalue weighted by Crippen LogP contribution is 2.30. The molecule has 2 fully saturated rings. The molecule has 2 aliphatic rings. The van der Waals surface area contributed by atoms with Crippen LogP contribution >= 0.6 is 0 Å². The lowest BCUT2D eigenvalue weighted by molar-refractivity contribution is -0.125. The number of halogens is 1. The van der Waals surface area contributed by atoms with Gasteiger partial charge in [-0.2, -0.15) is 0 Å². The number of ether oxygens (including phenoxy) is 1. The van der Waals surface area contributed by atoms with E-state index in [2.05, 4.69) is 20.1 Å². The molecular formula is C28H30FN7O2. The molecule has 1 aromatic carbocycles. The van der Waals surface area contributed by atoms with Gasteiger partial charge in [0, 0.05) is 32.6 Å². The second-order valence-electron chi connectivity index (χ2n) is 9.70. The summed E-state index contributed by atoms with van der Waals surface area (Å²) in [6.45, 7) is 3.23. The number of fused-ring (bicyclic) bond motifs is 1. The first-order valence-corrected chi connectivity index (χ1v) is 13.0. The van der Waals surface area contributed by atoms with Crippen molar-refractivity contribution in [2.45, 2.75) is 18.9 Å². The third kappa shape index (κ3) is 4.67. The molecule has 2 saturated heterocycles. The van der Waals surface area contributed by atoms with Crippen molar-refractivity contribution in [3.8, 4) is 11.4 Å². The van der Waals surface area contributed by atoms with E-state index in [4.69, 9.17) is 14.8 Å². The minimum Gasteiger partial charge on any atom is -0.377 e. The number of carbonyl (C=O) groups is 1. The molecular weight excluding hydrogens is 485 g/mol. The molecule has 3 aromatic heterocycles. The minimum absolute atomic E-state index is 0.0530. The van der Waals surface area contributed by atoms with Crippen molar-refractivity contribution >= 4 is 23.2 Å². The van der Waals surface area contributed by atoms with Gasteiger partial charge in [-0.25, -0.2) is 18.9 Å². The van der Waals surface area contributed by atoms with E-state index < -0.39 is 0 Å². The van der Waals surface area contributed by atoms with Gasteiger partial charge in [-0.1, -0.05) is 18.2 Å². The summed E-state index contributed by atoms with van der Waals surface area (Å²) in [5.74, 6) is 1.54. The van der Waals surface area contributed by atoms with Crippen molar-refractivity contribution in [3.63, 3.8) is 0 Å². The molecule has 38 heavy (non-hydrogen) atoms. The molecule has 1 N–H and O–H groups in total. The zero-order valence-electron chi connectivity index (χ0n) is 21.3. The Kier molecular flexibility index (Phi) is 6.63. The van der Waals surface area contributed by atoms with Crippen LogP contribution < -0.4 is 15.1 Å². The third-order valence-electron chi connectivity index (χ3n) is 7.44. The second-order valence-corrected chi connectivity index (χ2v) is 9.70. The van der Waals surface area contributed by atoms with Gasteiger partial charge in [0.2, 0.25) is 5.91 Å². The number of hydrogen-bond donors (Lipinski definition) is 1. The molecule has 1 atom stereocenters. The number of pyridine rings is 1. The first kappa shape index (κ1) is 24.3. The molecule has 0 aliphatic carbocycles. The first-order valence-electron chi connectivity index (χ1n) is 13.0. The second kappa shape index (κ2) is 10.4. The largest absolute Gasteiger partial charge is 0.377 e. The number of amides is 1. The molecule has 196 valence electrons. The predicted octanol–water partition coefficient (Wildman–Crippen LogP) is 3.47. The summed E-state index contributed by atoms with van der Waals surface area (Å²) < 4.78 is 21.5. The zero-order chi connectivity index (χ0) is 26.1. The lowest BCUT2D eigenvalue weighted by atomic mass is 9.96. The van der Waals surface area contributed by atoms with E-state index in [9.17, 15) is 9.18 Å². The number of benzene rings is 1. The predicted molar refractivity (Wildman–Crippen MR) is 143 cm³/mol. The van der Waals surface area contributed by atoms with Crippen molar-refractivity contribution in [1.82, 2.24) is 24.9 Å². The maximum Gasteiger partial charge on any atom is 0.222 e. The summed E-state index contributed by atoms with van der Waals surface area (Å²) in [6, 6.07) is 16.4. The fourth-order valence-electron chi connectivity index (χ4n) is 5.38. The molecule has 0 spiro atoms. The minimum atomic E-state index is -0.267. The Morgan fingerprint density at radius 3 is 2.71 bits per heavy atom. The van der Waals surface area contributed by atoms with E-state index in [-0.39, 0.29) is 23.7 Å². The normalized spacial score (nSPS) is 18.6. The molecule has 4 aromatic rings.